The van der Waals surface area contributed by atoms with Crippen molar-refractivity contribution in [3.05, 3.63) is 69.7 Å². The fourth-order valence-electron chi connectivity index (χ4n) is 2.14. The second kappa shape index (κ2) is 6.31. The number of rotatable bonds is 4. The van der Waals surface area contributed by atoms with E-state index >= 15 is 0 Å². The molecule has 0 aromatic heterocycles. The molecule has 2 nitrogen and oxygen atoms in total. The van der Waals surface area contributed by atoms with Crippen LogP contribution in [0.5, 0.6) is 0 Å². The predicted octanol–water partition coefficient (Wildman–Crippen LogP) is 3.67. The molecule has 106 valence electrons. The lowest BCUT2D eigenvalue weighted by Gasteiger charge is -2.19. The minimum Gasteiger partial charge on any atom is -0.271 e. The van der Waals surface area contributed by atoms with Crippen molar-refractivity contribution in [3.63, 3.8) is 0 Å². The van der Waals surface area contributed by atoms with Crippen LogP contribution in [0.1, 0.15) is 22.7 Å². The maximum atomic E-state index is 14.1. The zero-order chi connectivity index (χ0) is 14.7. The SMILES string of the molecule is Cc1ccc(F)c(C(Cc2cccc(Cl)c2)NN)c1F. The van der Waals surface area contributed by atoms with Gasteiger partial charge in [-0.25, -0.2) is 8.78 Å². The van der Waals surface area contributed by atoms with Crippen LogP contribution in [-0.4, -0.2) is 0 Å². The number of hydrogen-bond donors (Lipinski definition) is 2. The summed E-state index contributed by atoms with van der Waals surface area (Å²) in [7, 11) is 0. The molecule has 0 radical (unpaired) electrons. The Morgan fingerprint density at radius 1 is 1.25 bits per heavy atom. The van der Waals surface area contributed by atoms with Crippen molar-refractivity contribution in [1.82, 2.24) is 5.43 Å². The van der Waals surface area contributed by atoms with Crippen LogP contribution in [0.15, 0.2) is 36.4 Å². The summed E-state index contributed by atoms with van der Waals surface area (Å²) in [5.41, 5.74) is 3.65. The second-order valence-corrected chi connectivity index (χ2v) is 5.08. The van der Waals surface area contributed by atoms with Gasteiger partial charge in [-0.15, -0.1) is 0 Å². The average Bonchev–Trinajstić information content (AvgIpc) is 2.42. The molecule has 5 heteroatoms. The van der Waals surface area contributed by atoms with Crippen LogP contribution in [0.4, 0.5) is 8.78 Å². The molecule has 0 spiro atoms. The summed E-state index contributed by atoms with van der Waals surface area (Å²) in [6.07, 6.45) is 0.342. The normalized spacial score (nSPS) is 12.4. The Hall–Kier alpha value is -1.49. The van der Waals surface area contributed by atoms with Gasteiger partial charge in [0, 0.05) is 10.6 Å². The first-order valence-electron chi connectivity index (χ1n) is 6.18. The van der Waals surface area contributed by atoms with E-state index < -0.39 is 17.7 Å². The molecule has 0 aliphatic rings. The number of hydrogen-bond acceptors (Lipinski definition) is 2. The fourth-order valence-corrected chi connectivity index (χ4v) is 2.35. The molecule has 0 saturated carbocycles. The molecule has 0 aliphatic carbocycles. The fraction of sp³-hybridized carbons (Fsp3) is 0.200. The van der Waals surface area contributed by atoms with Gasteiger partial charge in [0.1, 0.15) is 11.6 Å². The maximum absolute atomic E-state index is 14.1. The first-order valence-corrected chi connectivity index (χ1v) is 6.55. The van der Waals surface area contributed by atoms with Crippen molar-refractivity contribution in [3.8, 4) is 0 Å². The van der Waals surface area contributed by atoms with Gasteiger partial charge in [-0.2, -0.15) is 0 Å². The topological polar surface area (TPSA) is 38.0 Å². The summed E-state index contributed by atoms with van der Waals surface area (Å²) in [5.74, 6) is 4.28. The number of nitrogens with two attached hydrogens (primary N) is 1. The molecule has 1 atom stereocenters. The van der Waals surface area contributed by atoms with E-state index in [1.165, 1.54) is 12.1 Å². The largest absolute Gasteiger partial charge is 0.271 e. The van der Waals surface area contributed by atoms with E-state index in [4.69, 9.17) is 17.4 Å². The van der Waals surface area contributed by atoms with Crippen LogP contribution in [0.2, 0.25) is 5.02 Å². The molecule has 0 aliphatic heterocycles. The predicted molar refractivity (Wildman–Crippen MR) is 76.3 cm³/mol. The standard InChI is InChI=1S/C15H15ClF2N2/c1-9-5-6-12(17)14(15(9)18)13(20-19)8-10-3-2-4-11(16)7-10/h2-7,13,20H,8,19H2,1H3. The van der Waals surface area contributed by atoms with Crippen LogP contribution in [0, 0.1) is 18.6 Å². The quantitative estimate of drug-likeness (QED) is 0.667. The lowest BCUT2D eigenvalue weighted by Crippen LogP contribution is -2.31. The highest BCUT2D eigenvalue weighted by atomic mass is 35.5. The van der Waals surface area contributed by atoms with Gasteiger partial charge in [-0.3, -0.25) is 11.3 Å². The molecule has 0 heterocycles. The van der Waals surface area contributed by atoms with Crippen LogP contribution < -0.4 is 11.3 Å². The first-order chi connectivity index (χ1) is 9.52. The first kappa shape index (κ1) is 14.9. The van der Waals surface area contributed by atoms with Crippen LogP contribution >= 0.6 is 11.6 Å². The van der Waals surface area contributed by atoms with E-state index in [0.29, 0.717) is 17.0 Å². The Morgan fingerprint density at radius 2 is 2.00 bits per heavy atom. The Labute approximate surface area is 121 Å². The summed E-state index contributed by atoms with van der Waals surface area (Å²) >= 11 is 5.91. The smallest absolute Gasteiger partial charge is 0.133 e. The monoisotopic (exact) mass is 296 g/mol. The number of nitrogens with one attached hydrogen (secondary N) is 1. The molecule has 3 N–H and O–H groups in total. The molecule has 20 heavy (non-hydrogen) atoms. The Morgan fingerprint density at radius 3 is 2.65 bits per heavy atom. The van der Waals surface area contributed by atoms with E-state index in [0.717, 1.165) is 5.56 Å². The zero-order valence-electron chi connectivity index (χ0n) is 11.0. The van der Waals surface area contributed by atoms with Gasteiger partial charge in [-0.1, -0.05) is 29.8 Å². The minimum absolute atomic E-state index is 0.0486. The summed E-state index contributed by atoms with van der Waals surface area (Å²) in [6.45, 7) is 1.59. The van der Waals surface area contributed by atoms with Crippen LogP contribution in [-0.2, 0) is 6.42 Å². The van der Waals surface area contributed by atoms with Crippen molar-refractivity contribution < 1.29 is 8.78 Å². The highest BCUT2D eigenvalue weighted by Gasteiger charge is 2.21. The molecule has 2 aromatic carbocycles. The van der Waals surface area contributed by atoms with Gasteiger partial charge >= 0.3 is 0 Å². The molecule has 0 fully saturated rings. The summed E-state index contributed by atoms with van der Waals surface area (Å²) in [4.78, 5) is 0. The van der Waals surface area contributed by atoms with E-state index in [-0.39, 0.29) is 5.56 Å². The maximum Gasteiger partial charge on any atom is 0.133 e. The van der Waals surface area contributed by atoms with Gasteiger partial charge in [0.05, 0.1) is 6.04 Å². The highest BCUT2D eigenvalue weighted by Crippen LogP contribution is 2.26. The van der Waals surface area contributed by atoms with E-state index in [1.54, 1.807) is 25.1 Å². The molecule has 2 rings (SSSR count). The average molecular weight is 297 g/mol. The van der Waals surface area contributed by atoms with Gasteiger partial charge in [-0.05, 0) is 42.7 Å². The van der Waals surface area contributed by atoms with E-state index in [2.05, 4.69) is 5.43 Å². The second-order valence-electron chi connectivity index (χ2n) is 4.65. The Bertz CT molecular complexity index is 617. The summed E-state index contributed by atoms with van der Waals surface area (Å²) in [5, 5.41) is 0.573. The van der Waals surface area contributed by atoms with Crippen LogP contribution in [0.3, 0.4) is 0 Å². The number of aryl methyl sites for hydroxylation is 1. The van der Waals surface area contributed by atoms with Crippen molar-refractivity contribution in [2.45, 2.75) is 19.4 Å². The van der Waals surface area contributed by atoms with Crippen LogP contribution in [0.25, 0.3) is 0 Å². The summed E-state index contributed by atoms with van der Waals surface area (Å²) < 4.78 is 28.0. The molecule has 2 aromatic rings. The number of benzene rings is 2. The van der Waals surface area contributed by atoms with Crippen molar-refractivity contribution in [2.75, 3.05) is 0 Å². The molecular formula is C15H15ClF2N2. The van der Waals surface area contributed by atoms with E-state index in [9.17, 15) is 8.78 Å². The third kappa shape index (κ3) is 3.15. The van der Waals surface area contributed by atoms with Crippen molar-refractivity contribution in [2.24, 2.45) is 5.84 Å². The van der Waals surface area contributed by atoms with Crippen molar-refractivity contribution >= 4 is 11.6 Å². The minimum atomic E-state index is -0.659. The lowest BCUT2D eigenvalue weighted by molar-refractivity contribution is 0.470. The van der Waals surface area contributed by atoms with Gasteiger partial charge < -0.3 is 0 Å². The molecule has 0 saturated heterocycles. The third-order valence-electron chi connectivity index (χ3n) is 3.20. The summed E-state index contributed by atoms with van der Waals surface area (Å²) in [6, 6.07) is 9.10. The van der Waals surface area contributed by atoms with Gasteiger partial charge in [0.15, 0.2) is 0 Å². The lowest BCUT2D eigenvalue weighted by atomic mass is 9.97. The third-order valence-corrected chi connectivity index (χ3v) is 3.43. The Kier molecular flexibility index (Phi) is 4.70. The highest BCUT2D eigenvalue weighted by molar-refractivity contribution is 6.30. The van der Waals surface area contributed by atoms with Gasteiger partial charge in [0.2, 0.25) is 0 Å². The zero-order valence-corrected chi connectivity index (χ0v) is 11.7. The van der Waals surface area contributed by atoms with E-state index in [1.807, 2.05) is 6.07 Å². The van der Waals surface area contributed by atoms with Crippen molar-refractivity contribution in [1.29, 1.82) is 0 Å². The number of halogens is 3. The molecule has 1 unspecified atom stereocenters. The molecular weight excluding hydrogens is 282 g/mol. The Balaban J connectivity index is 2.36. The molecule has 0 bridgehead atoms. The van der Waals surface area contributed by atoms with Gasteiger partial charge in [0.25, 0.3) is 0 Å². The molecule has 0 amide bonds. The number of hydrazine groups is 1.